The number of halogens is 4. The Bertz CT molecular complexity index is 1010. The van der Waals surface area contributed by atoms with Crippen molar-refractivity contribution in [2.45, 2.75) is 24.8 Å². The maximum absolute atomic E-state index is 12.9. The fourth-order valence-electron chi connectivity index (χ4n) is 2.92. The van der Waals surface area contributed by atoms with Gasteiger partial charge in [0.2, 0.25) is 5.91 Å². The quantitative estimate of drug-likeness (QED) is 0.510. The van der Waals surface area contributed by atoms with E-state index in [1.165, 1.54) is 21.7 Å². The molecule has 3 aromatic rings. The number of aromatic nitrogens is 3. The van der Waals surface area contributed by atoms with Crippen LogP contribution in [-0.4, -0.2) is 27.2 Å². The number of benzene rings is 1. The third-order valence-electron chi connectivity index (χ3n) is 4.46. The van der Waals surface area contributed by atoms with Gasteiger partial charge in [-0.2, -0.15) is 30.9 Å². The standard InChI is InChI=1S/C20H18ClF3N4OS/c1-2-27(16-12-28(26-19(16)21)15-4-3-9-25-11-15)18(29)10-17(30)13-5-7-14(8-6-13)20(22,23)24/h3-9,11-12,17,30H,2,10H2,1H3. The SMILES string of the molecule is CCN(C(=O)CC(S)c1ccc(C(F)(F)F)cc1)c1cn(-c2cccnc2)nc1Cl. The normalized spacial score (nSPS) is 12.6. The number of carbonyl (C=O) groups is 1. The first-order valence-electron chi connectivity index (χ1n) is 9.02. The number of hydrogen-bond donors (Lipinski definition) is 1. The summed E-state index contributed by atoms with van der Waals surface area (Å²) in [4.78, 5) is 18.4. The minimum Gasteiger partial charge on any atom is -0.308 e. The van der Waals surface area contributed by atoms with Crippen molar-refractivity contribution in [1.29, 1.82) is 0 Å². The maximum atomic E-state index is 12.9. The summed E-state index contributed by atoms with van der Waals surface area (Å²) in [5.41, 5.74) is 0.891. The van der Waals surface area contributed by atoms with Crippen molar-refractivity contribution in [3.8, 4) is 5.69 Å². The molecular formula is C20H18ClF3N4OS. The van der Waals surface area contributed by atoms with Crippen molar-refractivity contribution in [2.24, 2.45) is 0 Å². The number of hydrogen-bond acceptors (Lipinski definition) is 4. The van der Waals surface area contributed by atoms with Gasteiger partial charge in [0.05, 0.1) is 23.6 Å². The van der Waals surface area contributed by atoms with E-state index in [4.69, 9.17) is 11.6 Å². The first-order valence-corrected chi connectivity index (χ1v) is 9.91. The monoisotopic (exact) mass is 454 g/mol. The summed E-state index contributed by atoms with van der Waals surface area (Å²) in [7, 11) is 0. The average molecular weight is 455 g/mol. The highest BCUT2D eigenvalue weighted by molar-refractivity contribution is 7.80. The Morgan fingerprint density at radius 1 is 1.27 bits per heavy atom. The lowest BCUT2D eigenvalue weighted by Crippen LogP contribution is -2.31. The summed E-state index contributed by atoms with van der Waals surface area (Å²) in [6.45, 7) is 2.13. The molecule has 3 rings (SSSR count). The topological polar surface area (TPSA) is 51.0 Å². The Kier molecular flexibility index (Phi) is 6.72. The van der Waals surface area contributed by atoms with Crippen LogP contribution < -0.4 is 4.90 Å². The van der Waals surface area contributed by atoms with Gasteiger partial charge < -0.3 is 4.90 Å². The van der Waals surface area contributed by atoms with Crippen LogP contribution in [0.4, 0.5) is 18.9 Å². The van der Waals surface area contributed by atoms with Gasteiger partial charge in [0, 0.05) is 24.4 Å². The lowest BCUT2D eigenvalue weighted by Gasteiger charge is -2.21. The molecule has 0 aliphatic rings. The van der Waals surface area contributed by atoms with Gasteiger partial charge in [-0.1, -0.05) is 23.7 Å². The fraction of sp³-hybridized carbons (Fsp3) is 0.250. The maximum Gasteiger partial charge on any atom is 0.416 e. The van der Waals surface area contributed by atoms with Crippen molar-refractivity contribution in [1.82, 2.24) is 14.8 Å². The smallest absolute Gasteiger partial charge is 0.308 e. The lowest BCUT2D eigenvalue weighted by molar-refractivity contribution is -0.137. The average Bonchev–Trinajstić information content (AvgIpc) is 3.10. The molecular weight excluding hydrogens is 437 g/mol. The van der Waals surface area contributed by atoms with E-state index < -0.39 is 17.0 Å². The van der Waals surface area contributed by atoms with E-state index in [0.717, 1.165) is 12.1 Å². The van der Waals surface area contributed by atoms with E-state index in [1.807, 2.05) is 0 Å². The predicted octanol–water partition coefficient (Wildman–Crippen LogP) is 5.35. The van der Waals surface area contributed by atoms with Crippen LogP contribution in [0, 0.1) is 0 Å². The summed E-state index contributed by atoms with van der Waals surface area (Å²) in [6.07, 6.45) is 0.443. The molecule has 0 saturated heterocycles. The summed E-state index contributed by atoms with van der Waals surface area (Å²) in [6, 6.07) is 8.18. The Balaban J connectivity index is 1.76. The van der Waals surface area contributed by atoms with Crippen LogP contribution in [0.1, 0.15) is 29.7 Å². The van der Waals surface area contributed by atoms with Gasteiger partial charge >= 0.3 is 6.18 Å². The van der Waals surface area contributed by atoms with E-state index in [2.05, 4.69) is 22.7 Å². The number of alkyl halides is 3. The minimum absolute atomic E-state index is 0.0171. The van der Waals surface area contributed by atoms with E-state index in [1.54, 1.807) is 37.6 Å². The zero-order chi connectivity index (χ0) is 21.9. The molecule has 0 bridgehead atoms. The van der Waals surface area contributed by atoms with Crippen molar-refractivity contribution < 1.29 is 18.0 Å². The van der Waals surface area contributed by atoms with Crippen LogP contribution >= 0.6 is 24.2 Å². The van der Waals surface area contributed by atoms with Crippen LogP contribution in [-0.2, 0) is 11.0 Å². The van der Waals surface area contributed by atoms with E-state index >= 15 is 0 Å². The van der Waals surface area contributed by atoms with Crippen molar-refractivity contribution >= 4 is 35.8 Å². The van der Waals surface area contributed by atoms with Crippen molar-refractivity contribution in [3.63, 3.8) is 0 Å². The molecule has 30 heavy (non-hydrogen) atoms. The molecule has 10 heteroatoms. The molecule has 1 amide bonds. The van der Waals surface area contributed by atoms with Crippen LogP contribution in [0.15, 0.2) is 55.0 Å². The molecule has 5 nitrogen and oxygen atoms in total. The number of rotatable bonds is 6. The largest absolute Gasteiger partial charge is 0.416 e. The molecule has 158 valence electrons. The molecule has 0 aliphatic carbocycles. The van der Waals surface area contributed by atoms with Gasteiger partial charge in [-0.3, -0.25) is 9.78 Å². The van der Waals surface area contributed by atoms with Gasteiger partial charge in [-0.15, -0.1) is 0 Å². The summed E-state index contributed by atoms with van der Waals surface area (Å²) >= 11 is 10.7. The highest BCUT2D eigenvalue weighted by Crippen LogP contribution is 2.33. The summed E-state index contributed by atoms with van der Waals surface area (Å²) in [5, 5.41) is 3.81. The van der Waals surface area contributed by atoms with Gasteiger partial charge in [-0.05, 0) is 36.8 Å². The number of carbonyl (C=O) groups excluding carboxylic acids is 1. The summed E-state index contributed by atoms with van der Waals surface area (Å²) in [5.74, 6) is -0.273. The second-order valence-corrected chi connectivity index (χ2v) is 7.42. The second kappa shape index (κ2) is 9.09. The van der Waals surface area contributed by atoms with Gasteiger partial charge in [0.25, 0.3) is 0 Å². The zero-order valence-corrected chi connectivity index (χ0v) is 17.5. The van der Waals surface area contributed by atoms with Crippen LogP contribution in [0.5, 0.6) is 0 Å². The number of amides is 1. The first-order chi connectivity index (χ1) is 14.2. The molecule has 0 fully saturated rings. The van der Waals surface area contributed by atoms with Crippen LogP contribution in [0.3, 0.4) is 0 Å². The molecule has 0 spiro atoms. The second-order valence-electron chi connectivity index (χ2n) is 6.44. The minimum atomic E-state index is -4.41. The zero-order valence-electron chi connectivity index (χ0n) is 15.8. The van der Waals surface area contributed by atoms with Gasteiger partial charge in [0.1, 0.15) is 5.69 Å². The third-order valence-corrected chi connectivity index (χ3v) is 5.21. The molecule has 0 saturated carbocycles. The van der Waals surface area contributed by atoms with Crippen molar-refractivity contribution in [2.75, 3.05) is 11.4 Å². The molecule has 2 heterocycles. The summed E-state index contributed by atoms with van der Waals surface area (Å²) < 4.78 is 39.7. The van der Waals surface area contributed by atoms with E-state index in [0.29, 0.717) is 23.5 Å². The molecule has 1 unspecified atom stereocenters. The number of pyridine rings is 1. The van der Waals surface area contributed by atoms with Crippen LogP contribution in [0.2, 0.25) is 5.15 Å². The molecule has 0 aliphatic heterocycles. The van der Waals surface area contributed by atoms with E-state index in [9.17, 15) is 18.0 Å². The van der Waals surface area contributed by atoms with Gasteiger partial charge in [-0.25, -0.2) is 4.68 Å². The molecule has 1 atom stereocenters. The third kappa shape index (κ3) is 4.96. The Hall–Kier alpha value is -2.52. The molecule has 2 aromatic heterocycles. The Morgan fingerprint density at radius 3 is 2.53 bits per heavy atom. The van der Waals surface area contributed by atoms with Crippen LogP contribution in [0.25, 0.3) is 5.69 Å². The molecule has 0 radical (unpaired) electrons. The Labute approximate surface area is 181 Å². The first kappa shape index (κ1) is 22.2. The molecule has 1 aromatic carbocycles. The number of thiol groups is 1. The van der Waals surface area contributed by atoms with Crippen molar-refractivity contribution in [3.05, 3.63) is 71.3 Å². The highest BCUT2D eigenvalue weighted by Gasteiger charge is 2.30. The van der Waals surface area contributed by atoms with Gasteiger partial charge in [0.15, 0.2) is 5.15 Å². The lowest BCUT2D eigenvalue weighted by atomic mass is 10.1. The predicted molar refractivity (Wildman–Crippen MR) is 112 cm³/mol. The number of anilines is 1. The molecule has 0 N–H and O–H groups in total. The Morgan fingerprint density at radius 2 is 1.97 bits per heavy atom. The number of nitrogens with zero attached hydrogens (tertiary/aromatic N) is 4. The van der Waals surface area contributed by atoms with E-state index in [-0.39, 0.29) is 17.5 Å². The fourth-order valence-corrected chi connectivity index (χ4v) is 3.48. The highest BCUT2D eigenvalue weighted by atomic mass is 35.5.